The monoisotopic (exact) mass is 746 g/mol. The van der Waals surface area contributed by atoms with Crippen molar-refractivity contribution in [1.29, 1.82) is 0 Å². The van der Waals surface area contributed by atoms with Crippen LogP contribution in [0.3, 0.4) is 0 Å². The van der Waals surface area contributed by atoms with Crippen LogP contribution in [-0.2, 0) is 38.4 Å². The largest absolute Gasteiger partial charge is 0.463 e. The van der Waals surface area contributed by atoms with Gasteiger partial charge in [0.05, 0.1) is 48.1 Å². The number of nitrogens with zero attached hydrogens (tertiary/aromatic N) is 2. The number of aliphatic hydroxyl groups excluding tert-OH is 1. The van der Waals surface area contributed by atoms with Gasteiger partial charge in [-0.25, -0.2) is 8.42 Å². The van der Waals surface area contributed by atoms with Crippen LogP contribution in [-0.4, -0.2) is 85.7 Å². The van der Waals surface area contributed by atoms with Crippen molar-refractivity contribution in [2.45, 2.75) is 87.5 Å². The molecule has 1 unspecified atom stereocenters. The lowest BCUT2D eigenvalue weighted by atomic mass is 9.77. The van der Waals surface area contributed by atoms with E-state index in [1.165, 1.54) is 24.3 Å². The van der Waals surface area contributed by atoms with Gasteiger partial charge in [-0.2, -0.15) is 0 Å². The lowest BCUT2D eigenvalue weighted by Crippen LogP contribution is -2.52. The average Bonchev–Trinajstić information content (AvgIpc) is 3.29. The molecule has 2 aromatic rings. The number of benzene rings is 1. The average molecular weight is 747 g/mol. The van der Waals surface area contributed by atoms with Crippen LogP contribution in [0, 0.1) is 34.3 Å². The fourth-order valence-corrected chi connectivity index (χ4v) is 8.83. The van der Waals surface area contributed by atoms with Crippen molar-refractivity contribution in [3.8, 4) is 5.88 Å². The predicted molar refractivity (Wildman–Crippen MR) is 180 cm³/mol. The molecule has 0 amide bonds. The summed E-state index contributed by atoms with van der Waals surface area (Å²) < 4.78 is 51.7. The number of carbonyl (C=O) groups is 3. The van der Waals surface area contributed by atoms with Crippen LogP contribution in [0.5, 0.6) is 5.88 Å². The van der Waals surface area contributed by atoms with Gasteiger partial charge in [0.2, 0.25) is 0 Å². The van der Waals surface area contributed by atoms with E-state index in [1.54, 1.807) is 19.9 Å². The molecule has 3 aliphatic rings. The van der Waals surface area contributed by atoms with Gasteiger partial charge in [-0.05, 0) is 77.5 Å². The third-order valence-corrected chi connectivity index (χ3v) is 12.3. The quantitative estimate of drug-likeness (QED) is 0.131. The lowest BCUT2D eigenvalue weighted by Gasteiger charge is -2.36. The molecule has 1 aromatic carbocycles. The van der Waals surface area contributed by atoms with Crippen molar-refractivity contribution < 1.29 is 61.5 Å². The van der Waals surface area contributed by atoms with Crippen LogP contribution < -0.4 is 9.64 Å². The molecule has 2 fully saturated rings. The number of rotatable bonds is 13. The molecule has 16 heteroatoms. The Morgan fingerprint density at radius 3 is 2.50 bits per heavy atom. The molecule has 1 aromatic heterocycles. The van der Waals surface area contributed by atoms with Gasteiger partial charge in [-0.15, -0.1) is 0 Å². The van der Waals surface area contributed by atoms with E-state index in [0.717, 1.165) is 6.42 Å². The molecule has 284 valence electrons. The zero-order valence-corrected chi connectivity index (χ0v) is 30.5. The maximum atomic E-state index is 13.7. The van der Waals surface area contributed by atoms with Gasteiger partial charge >= 0.3 is 22.8 Å². The number of allylic oxidation sites excluding steroid dienone is 1. The Bertz CT molecular complexity index is 1800. The third kappa shape index (κ3) is 7.94. The molecule has 52 heavy (non-hydrogen) atoms. The second-order valence-electron chi connectivity index (χ2n) is 14.4. The first-order valence-corrected chi connectivity index (χ1v) is 18.7. The highest BCUT2D eigenvalue weighted by Crippen LogP contribution is 2.62. The number of Topliss-reactive ketones (excluding diaryl/α,β-unsaturated/α-hetero) is 1. The Balaban J connectivity index is 1.08. The van der Waals surface area contributed by atoms with Gasteiger partial charge < -0.3 is 34.4 Å². The number of hydrogen-bond acceptors (Lipinski definition) is 14. The van der Waals surface area contributed by atoms with E-state index in [2.05, 4.69) is 30.2 Å². The molecule has 2 saturated carbocycles. The Labute approximate surface area is 302 Å². The molecule has 0 saturated heterocycles. The summed E-state index contributed by atoms with van der Waals surface area (Å²) in [6.07, 6.45) is 0.160. The highest BCUT2D eigenvalue weighted by molar-refractivity contribution is 7.91. The second kappa shape index (κ2) is 15.5. The van der Waals surface area contributed by atoms with Crippen molar-refractivity contribution in [2.75, 3.05) is 26.4 Å². The number of aromatic nitrogens is 2. The van der Waals surface area contributed by atoms with E-state index in [9.17, 15) is 38.2 Å². The topological polar surface area (TPSA) is 216 Å². The highest BCUT2D eigenvalue weighted by atomic mass is 32.2. The maximum absolute atomic E-state index is 13.7. The summed E-state index contributed by atoms with van der Waals surface area (Å²) in [7, 11) is -4.27. The molecular weight excluding hydrogens is 700 g/mol. The maximum Gasteiger partial charge on any atom is 0.415 e. The molecule has 7 atom stereocenters. The zero-order chi connectivity index (χ0) is 38.0. The number of carbonyl (C=O) groups excluding carboxylic acids is 3. The van der Waals surface area contributed by atoms with Gasteiger partial charge in [-0.1, -0.05) is 51.6 Å². The van der Waals surface area contributed by atoms with Crippen LogP contribution in [0.15, 0.2) is 68.7 Å². The molecule has 0 aliphatic heterocycles. The minimum absolute atomic E-state index is 0.000250. The predicted octanol–water partition coefficient (Wildman–Crippen LogP) is 2.66. The summed E-state index contributed by atoms with van der Waals surface area (Å²) in [5, 5.41) is 37.6. The normalized spacial score (nSPS) is 29.5. The number of fused-ring (bicyclic) bond motifs is 2. The molecule has 1 heterocycles. The van der Waals surface area contributed by atoms with E-state index in [0.29, 0.717) is 17.6 Å². The van der Waals surface area contributed by atoms with E-state index < -0.39 is 68.1 Å². The van der Waals surface area contributed by atoms with Crippen LogP contribution in [0.2, 0.25) is 0 Å². The van der Waals surface area contributed by atoms with Crippen molar-refractivity contribution in [1.82, 2.24) is 5.16 Å². The number of esters is 2. The molecule has 2 N–H and O–H groups in total. The standard InChI is InChI=1S/C36H46N2O13S/c1-21-11-12-25-26(35(25,4)5)19-22(2)32(42)36(43)20-23(3)30(41)29(36)31(21)50-28(40)14-13-27(39)48-17-15-47-16-18-49-33-34(38(44)51-37-33)52(45,46)24-9-7-6-8-10-24/h6-10,19,23,25-26,29-31,41,43H,1,11-18,20H2,2-5H3/b22-19+/t23-,25-,26+,29+,30-,31?,36+/m0/s1. The SMILES string of the molecule is C=C1CC[C@H]2[C@@H](/C=C(\C)C(=O)[C@@]3(O)C[C@H](C)[C@H](O)[C@@H]3C1OC(=O)CCC(=O)OCCOCCOc1no[n+]([O-])c1S(=O)(=O)c1ccccc1)C2(C)C. The smallest absolute Gasteiger partial charge is 0.415 e. The van der Waals surface area contributed by atoms with Crippen LogP contribution in [0.1, 0.15) is 59.8 Å². The highest BCUT2D eigenvalue weighted by Gasteiger charge is 2.61. The van der Waals surface area contributed by atoms with Gasteiger partial charge in [0.15, 0.2) is 5.78 Å². The number of ether oxygens (including phenoxy) is 4. The summed E-state index contributed by atoms with van der Waals surface area (Å²) in [5.74, 6) is -3.65. The lowest BCUT2D eigenvalue weighted by molar-refractivity contribution is -0.832. The first-order valence-electron chi connectivity index (χ1n) is 17.3. The first kappa shape index (κ1) is 39.1. The third-order valence-electron chi connectivity index (χ3n) is 10.6. The Morgan fingerprint density at radius 1 is 1.12 bits per heavy atom. The second-order valence-corrected chi connectivity index (χ2v) is 16.3. The molecule has 0 spiro atoms. The Hall–Kier alpha value is -4.12. The summed E-state index contributed by atoms with van der Waals surface area (Å²) in [5.41, 5.74) is -1.09. The summed E-state index contributed by atoms with van der Waals surface area (Å²) in [6, 6.07) is 7.23. The fraction of sp³-hybridized carbons (Fsp3) is 0.583. The molecule has 0 bridgehead atoms. The zero-order valence-electron chi connectivity index (χ0n) is 29.7. The summed E-state index contributed by atoms with van der Waals surface area (Å²) in [6.45, 7) is 11.3. The van der Waals surface area contributed by atoms with Gasteiger partial charge in [0.1, 0.15) is 24.9 Å². The number of aliphatic hydroxyl groups is 2. The molecule has 5 rings (SSSR count). The van der Waals surface area contributed by atoms with Gasteiger partial charge in [-0.3, -0.25) is 19.0 Å². The van der Waals surface area contributed by atoms with Crippen molar-refractivity contribution in [3.63, 3.8) is 0 Å². The molecule has 15 nitrogen and oxygen atoms in total. The number of sulfone groups is 1. The van der Waals surface area contributed by atoms with Gasteiger partial charge in [0, 0.05) is 0 Å². The number of hydrogen-bond donors (Lipinski definition) is 2. The molecule has 0 radical (unpaired) electrons. The van der Waals surface area contributed by atoms with Crippen molar-refractivity contribution in [3.05, 3.63) is 59.3 Å². The van der Waals surface area contributed by atoms with E-state index in [4.69, 9.17) is 18.9 Å². The van der Waals surface area contributed by atoms with Crippen LogP contribution >= 0.6 is 0 Å². The van der Waals surface area contributed by atoms with Crippen LogP contribution in [0.25, 0.3) is 0 Å². The van der Waals surface area contributed by atoms with Crippen LogP contribution in [0.4, 0.5) is 0 Å². The minimum atomic E-state index is -4.27. The van der Waals surface area contributed by atoms with Crippen molar-refractivity contribution >= 4 is 27.6 Å². The Morgan fingerprint density at radius 2 is 1.79 bits per heavy atom. The first-order chi connectivity index (χ1) is 24.5. The molecule has 3 aliphatic carbocycles. The Kier molecular flexibility index (Phi) is 11.6. The van der Waals surface area contributed by atoms with Crippen molar-refractivity contribution in [2.24, 2.45) is 29.1 Å². The van der Waals surface area contributed by atoms with E-state index >= 15 is 0 Å². The fourth-order valence-electron chi connectivity index (χ4n) is 7.54. The minimum Gasteiger partial charge on any atom is -0.463 e. The number of ketones is 1. The van der Waals surface area contributed by atoms with Gasteiger partial charge in [0.25, 0.3) is 9.84 Å². The summed E-state index contributed by atoms with van der Waals surface area (Å²) >= 11 is 0. The summed E-state index contributed by atoms with van der Waals surface area (Å²) in [4.78, 5) is 38.8. The van der Waals surface area contributed by atoms with E-state index in [-0.39, 0.29) is 72.7 Å². The molecular formula is C36H46N2O13S. The van der Waals surface area contributed by atoms with E-state index in [1.807, 2.05) is 6.08 Å².